The molecule has 0 radical (unpaired) electrons. The Balaban J connectivity index is 1.38. The minimum absolute atomic E-state index is 0.0824. The molecule has 0 aromatic rings. The van der Waals surface area contributed by atoms with Crippen LogP contribution in [0.25, 0.3) is 0 Å². The summed E-state index contributed by atoms with van der Waals surface area (Å²) in [5.74, 6) is 2.27. The first-order valence-corrected chi connectivity index (χ1v) is 11.7. The molecule has 4 saturated carbocycles. The van der Waals surface area contributed by atoms with Crippen LogP contribution in [0.2, 0.25) is 0 Å². The molecule has 5 heteroatoms. The van der Waals surface area contributed by atoms with Gasteiger partial charge in [0.2, 0.25) is 0 Å². The monoisotopic (exact) mass is 400 g/mol. The average molecular weight is 401 g/mol. The van der Waals surface area contributed by atoms with E-state index in [0.717, 1.165) is 76.6 Å². The molecule has 1 saturated heterocycles. The standard InChI is InChI=1S/C24H36N2O3/c1-15-11-18-19-3-4-22(28)23(19,2)8-6-20(18)24(14-27)9-5-16(12-21(15)24)26-29-17-7-10-25-13-17/h17-21,25,27H,1,3-14H2,2H3/b26-16+. The number of allylic oxidation sites excluding steroid dienone is 1. The van der Waals surface area contributed by atoms with Gasteiger partial charge in [-0.2, -0.15) is 0 Å². The number of nitrogens with zero attached hydrogens (tertiary/aromatic N) is 1. The second-order valence-electron chi connectivity index (χ2n) is 10.7. The van der Waals surface area contributed by atoms with Crippen LogP contribution in [0.1, 0.15) is 64.7 Å². The molecule has 0 spiro atoms. The molecule has 160 valence electrons. The van der Waals surface area contributed by atoms with E-state index >= 15 is 0 Å². The first-order valence-electron chi connectivity index (χ1n) is 11.7. The normalized spacial score (nSPS) is 48.3. The largest absolute Gasteiger partial charge is 0.396 e. The third-order valence-electron chi connectivity index (χ3n) is 9.53. The number of fused-ring (bicyclic) bond motifs is 5. The molecule has 5 fully saturated rings. The van der Waals surface area contributed by atoms with Gasteiger partial charge in [-0.3, -0.25) is 4.79 Å². The van der Waals surface area contributed by atoms with Crippen molar-refractivity contribution in [2.24, 2.45) is 39.7 Å². The van der Waals surface area contributed by atoms with Gasteiger partial charge in [0.05, 0.1) is 5.71 Å². The summed E-state index contributed by atoms with van der Waals surface area (Å²) >= 11 is 0. The van der Waals surface area contributed by atoms with Crippen molar-refractivity contribution in [3.8, 4) is 0 Å². The molecule has 2 N–H and O–H groups in total. The van der Waals surface area contributed by atoms with Crippen molar-refractivity contribution in [1.29, 1.82) is 0 Å². The van der Waals surface area contributed by atoms with Crippen LogP contribution in [0.3, 0.4) is 0 Å². The van der Waals surface area contributed by atoms with Gasteiger partial charge in [-0.1, -0.05) is 24.2 Å². The fourth-order valence-corrected chi connectivity index (χ4v) is 7.85. The van der Waals surface area contributed by atoms with E-state index < -0.39 is 0 Å². The lowest BCUT2D eigenvalue weighted by Gasteiger charge is -2.60. The predicted molar refractivity (Wildman–Crippen MR) is 112 cm³/mol. The number of carbonyl (C=O) groups excluding carboxylic acids is 1. The first kappa shape index (κ1) is 19.7. The first-order chi connectivity index (χ1) is 14.0. The quantitative estimate of drug-likeness (QED) is 0.562. The molecule has 1 aliphatic heterocycles. The van der Waals surface area contributed by atoms with Gasteiger partial charge < -0.3 is 15.3 Å². The summed E-state index contributed by atoms with van der Waals surface area (Å²) in [7, 11) is 0. The SMILES string of the molecule is C=C1CC2C3CCC(=O)C3(C)CCC2C2(CO)CC/C(=N\OC3CCNC3)CC12. The third kappa shape index (κ3) is 2.95. The van der Waals surface area contributed by atoms with E-state index in [1.54, 1.807) is 0 Å². The highest BCUT2D eigenvalue weighted by atomic mass is 16.6. The smallest absolute Gasteiger partial charge is 0.141 e. The number of aliphatic hydroxyl groups is 1. The number of nitrogens with one attached hydrogen (secondary N) is 1. The number of rotatable bonds is 3. The Hall–Kier alpha value is -1.20. The Morgan fingerprint density at radius 1 is 1.21 bits per heavy atom. The van der Waals surface area contributed by atoms with Crippen molar-refractivity contribution in [2.75, 3.05) is 19.7 Å². The van der Waals surface area contributed by atoms with Gasteiger partial charge in [-0.15, -0.1) is 0 Å². The summed E-state index contributed by atoms with van der Waals surface area (Å²) < 4.78 is 0. The maximum Gasteiger partial charge on any atom is 0.141 e. The summed E-state index contributed by atoms with van der Waals surface area (Å²) in [5, 5.41) is 18.6. The van der Waals surface area contributed by atoms with E-state index in [9.17, 15) is 9.90 Å². The molecule has 1 heterocycles. The highest BCUT2D eigenvalue weighted by Gasteiger charge is 2.62. The molecule has 4 aliphatic carbocycles. The highest BCUT2D eigenvalue weighted by molar-refractivity contribution is 5.87. The van der Waals surface area contributed by atoms with Crippen molar-refractivity contribution >= 4 is 11.5 Å². The van der Waals surface area contributed by atoms with E-state index in [-0.39, 0.29) is 23.5 Å². The summed E-state index contributed by atoms with van der Waals surface area (Å²) in [5.41, 5.74) is 2.21. The molecule has 0 aromatic carbocycles. The van der Waals surface area contributed by atoms with Crippen molar-refractivity contribution < 1.29 is 14.7 Å². The van der Waals surface area contributed by atoms with Gasteiger partial charge in [0.25, 0.3) is 0 Å². The number of hydrogen-bond donors (Lipinski definition) is 2. The number of oxime groups is 1. The van der Waals surface area contributed by atoms with Crippen molar-refractivity contribution in [1.82, 2.24) is 5.32 Å². The Labute approximate surface area is 174 Å². The average Bonchev–Trinajstić information content (AvgIpc) is 3.35. The molecule has 5 rings (SSSR count). The molecule has 5 nitrogen and oxygen atoms in total. The number of aliphatic hydroxyl groups excluding tert-OH is 1. The van der Waals surface area contributed by atoms with Crippen LogP contribution in [0, 0.1) is 34.5 Å². The van der Waals surface area contributed by atoms with Crippen LogP contribution in [0.4, 0.5) is 0 Å². The lowest BCUT2D eigenvalue weighted by Crippen LogP contribution is -2.57. The lowest BCUT2D eigenvalue weighted by molar-refractivity contribution is -0.138. The van der Waals surface area contributed by atoms with Crippen molar-refractivity contribution in [3.63, 3.8) is 0 Å². The van der Waals surface area contributed by atoms with Gasteiger partial charge in [0.1, 0.15) is 11.9 Å². The van der Waals surface area contributed by atoms with Gasteiger partial charge in [-0.25, -0.2) is 0 Å². The van der Waals surface area contributed by atoms with Crippen molar-refractivity contribution in [3.05, 3.63) is 12.2 Å². The molecule has 7 atom stereocenters. The molecule has 7 unspecified atom stereocenters. The molecule has 5 aliphatic rings. The van der Waals surface area contributed by atoms with Gasteiger partial charge in [0.15, 0.2) is 0 Å². The number of ketones is 1. The number of hydrogen-bond acceptors (Lipinski definition) is 5. The van der Waals surface area contributed by atoms with Crippen LogP contribution in [-0.4, -0.2) is 42.4 Å². The van der Waals surface area contributed by atoms with E-state index in [2.05, 4.69) is 24.0 Å². The van der Waals surface area contributed by atoms with Gasteiger partial charge in [-0.05, 0) is 75.2 Å². The van der Waals surface area contributed by atoms with Crippen LogP contribution >= 0.6 is 0 Å². The lowest BCUT2D eigenvalue weighted by atomic mass is 9.44. The summed E-state index contributed by atoms with van der Waals surface area (Å²) in [6.07, 6.45) is 8.85. The summed E-state index contributed by atoms with van der Waals surface area (Å²) in [4.78, 5) is 18.4. The predicted octanol–water partition coefficient (Wildman–Crippen LogP) is 3.47. The number of carbonyl (C=O) groups is 1. The molecule has 0 aromatic heterocycles. The van der Waals surface area contributed by atoms with E-state index in [1.807, 2.05) is 0 Å². The number of Topliss-reactive ketones (excluding diaryl/α,β-unsaturated/α-hetero) is 1. The molecular formula is C24H36N2O3. The summed E-state index contributed by atoms with van der Waals surface area (Å²) in [6, 6.07) is 0. The van der Waals surface area contributed by atoms with E-state index in [0.29, 0.717) is 29.5 Å². The van der Waals surface area contributed by atoms with Crippen LogP contribution in [-0.2, 0) is 9.63 Å². The Morgan fingerprint density at radius 2 is 2.07 bits per heavy atom. The van der Waals surface area contributed by atoms with E-state index in [1.165, 1.54) is 5.57 Å². The Bertz CT molecular complexity index is 728. The Kier molecular flexibility index (Phi) is 4.90. The zero-order chi connectivity index (χ0) is 20.2. The van der Waals surface area contributed by atoms with Crippen LogP contribution in [0.15, 0.2) is 17.3 Å². The maximum absolute atomic E-state index is 12.6. The molecular weight excluding hydrogens is 364 g/mol. The zero-order valence-corrected chi connectivity index (χ0v) is 17.8. The zero-order valence-electron chi connectivity index (χ0n) is 17.8. The molecule has 29 heavy (non-hydrogen) atoms. The third-order valence-corrected chi connectivity index (χ3v) is 9.53. The minimum Gasteiger partial charge on any atom is -0.396 e. The Morgan fingerprint density at radius 3 is 2.83 bits per heavy atom. The van der Waals surface area contributed by atoms with Gasteiger partial charge in [0, 0.05) is 36.8 Å². The molecule has 0 amide bonds. The fourth-order valence-electron chi connectivity index (χ4n) is 7.85. The molecule has 0 bridgehead atoms. The summed E-state index contributed by atoms with van der Waals surface area (Å²) in [6.45, 7) is 8.85. The highest BCUT2D eigenvalue weighted by Crippen LogP contribution is 2.66. The van der Waals surface area contributed by atoms with Crippen LogP contribution in [0.5, 0.6) is 0 Å². The second kappa shape index (κ2) is 7.19. The second-order valence-corrected chi connectivity index (χ2v) is 10.7. The fraction of sp³-hybridized carbons (Fsp3) is 0.833. The van der Waals surface area contributed by atoms with E-state index in [4.69, 9.17) is 4.84 Å². The van der Waals surface area contributed by atoms with Gasteiger partial charge >= 0.3 is 0 Å². The minimum atomic E-state index is -0.130. The van der Waals surface area contributed by atoms with Crippen molar-refractivity contribution in [2.45, 2.75) is 70.8 Å². The topological polar surface area (TPSA) is 70.9 Å². The maximum atomic E-state index is 12.6. The van der Waals surface area contributed by atoms with Crippen LogP contribution < -0.4 is 5.32 Å².